The smallest absolute Gasteiger partial charge is 0.317 e. The van der Waals surface area contributed by atoms with Crippen molar-refractivity contribution in [3.8, 4) is 0 Å². The normalized spacial score (nSPS) is 50.1. The third-order valence-corrected chi connectivity index (χ3v) is 27.7. The molecule has 650 valence electrons. The van der Waals surface area contributed by atoms with Crippen molar-refractivity contribution in [1.82, 2.24) is 5.32 Å². The number of amides is 1. The standard InChI is InChI=1S/C76H125NO36/c1-12-13-14-15-22-77-62(98)59-54(96)57(108-64-51(93)44(86)36(82)28-101-64)61(112-66-53(95)48(90)46(88)38(26-79)106-66)69(110-59)104-32(4)73(9,29-80)39-18-19-74(10)40(72(39,7)8)17-16-33-34-23-71(5,6)20-21-76(34,41(83)24-75(33,74)11)70(99)113-68-60(49(91)42(84)30(2)102-68)111-67-55(97)58(109-65-52(94)47(89)45(87)37(25-78)105-65)56(31(3)103-67)107-63-50(92)43(85)35(81)27-100-63/h16,29-32,34-61,63-69,78-79,81-97H,12-15,17-28H2,1-11H3,(H,77,98)/t30-,31+,32+,34?,35-,36-,37-,38-,39?,40?,41-,42+,43-,44-,45-,46+,47+,48+,49+,50-,51-,52-,53-,54+,55-,56+,57-,58+,59+,60-,61-,63+,64+,65+,66+,67+,68+,69-,73-,74-,75-,76-/m1/s1. The molecule has 11 aliphatic rings. The quantitative estimate of drug-likeness (QED) is 0.0176. The molecule has 3 saturated carbocycles. The van der Waals surface area contributed by atoms with E-state index in [2.05, 4.69) is 39.1 Å². The zero-order valence-electron chi connectivity index (χ0n) is 65.8. The zero-order chi connectivity index (χ0) is 83.0. The molecule has 0 bridgehead atoms. The van der Waals surface area contributed by atoms with Gasteiger partial charge in [-0.05, 0) is 112 Å². The number of carbonyl (C=O) groups excluding carboxylic acids is 3. The van der Waals surface area contributed by atoms with Crippen LogP contribution in [0.2, 0.25) is 0 Å². The average Bonchev–Trinajstić information content (AvgIpc) is 0.673. The average molecular weight is 1630 g/mol. The minimum absolute atomic E-state index is 0.00763. The number of aliphatic hydroxyl groups excluding tert-OH is 19. The second kappa shape index (κ2) is 35.6. The van der Waals surface area contributed by atoms with Gasteiger partial charge in [-0.25, -0.2) is 0 Å². The summed E-state index contributed by atoms with van der Waals surface area (Å²) in [5, 5.41) is 215. The second-order valence-electron chi connectivity index (χ2n) is 35.5. The number of unbranched alkanes of at least 4 members (excludes halogenated alkanes) is 3. The Bertz CT molecular complexity index is 3210. The Morgan fingerprint density at radius 1 is 0.558 bits per heavy atom. The van der Waals surface area contributed by atoms with Crippen molar-refractivity contribution in [2.75, 3.05) is 33.0 Å². The molecule has 113 heavy (non-hydrogen) atoms. The molecule has 0 aromatic heterocycles. The van der Waals surface area contributed by atoms with Crippen molar-refractivity contribution < 1.29 is 178 Å². The van der Waals surface area contributed by atoms with Gasteiger partial charge in [-0.15, -0.1) is 0 Å². The van der Waals surface area contributed by atoms with Gasteiger partial charge in [0.2, 0.25) is 6.29 Å². The van der Waals surface area contributed by atoms with Crippen molar-refractivity contribution in [2.24, 2.45) is 50.2 Å². The van der Waals surface area contributed by atoms with Crippen molar-refractivity contribution in [3.05, 3.63) is 11.6 Å². The third kappa shape index (κ3) is 16.9. The molecule has 4 aliphatic carbocycles. The zero-order valence-corrected chi connectivity index (χ0v) is 65.8. The minimum atomic E-state index is -2.13. The largest absolute Gasteiger partial charge is 0.432 e. The molecule has 0 aromatic carbocycles. The lowest BCUT2D eigenvalue weighted by Crippen LogP contribution is -2.69. The van der Waals surface area contributed by atoms with Crippen molar-refractivity contribution in [3.63, 3.8) is 0 Å². The van der Waals surface area contributed by atoms with E-state index >= 15 is 4.79 Å². The summed E-state index contributed by atoms with van der Waals surface area (Å²) in [6.45, 7) is 17.9. The predicted molar refractivity (Wildman–Crippen MR) is 380 cm³/mol. The first-order valence-electron chi connectivity index (χ1n) is 39.9. The van der Waals surface area contributed by atoms with E-state index in [4.69, 9.17) is 66.3 Å². The Morgan fingerprint density at radius 3 is 1.65 bits per heavy atom. The molecule has 7 saturated heterocycles. The van der Waals surface area contributed by atoms with E-state index < -0.39 is 298 Å². The maximum atomic E-state index is 16.0. The first-order chi connectivity index (χ1) is 53.0. The molecule has 42 atom stereocenters. The number of allylic oxidation sites excluding steroid dienone is 2. The minimum Gasteiger partial charge on any atom is -0.432 e. The fourth-order valence-corrected chi connectivity index (χ4v) is 20.3. The summed E-state index contributed by atoms with van der Waals surface area (Å²) in [4.78, 5) is 44.8. The van der Waals surface area contributed by atoms with Crippen LogP contribution < -0.4 is 5.32 Å². The number of hydrogen-bond acceptors (Lipinski definition) is 36. The molecule has 7 aliphatic heterocycles. The number of nitrogens with one attached hydrogen (secondary N) is 1. The molecule has 11 rings (SSSR count). The number of carbonyl (C=O) groups is 3. The Morgan fingerprint density at radius 2 is 1.08 bits per heavy atom. The van der Waals surface area contributed by atoms with Crippen LogP contribution in [0.25, 0.3) is 0 Å². The second-order valence-corrected chi connectivity index (χ2v) is 35.5. The van der Waals surface area contributed by atoms with E-state index in [1.54, 1.807) is 13.8 Å². The highest BCUT2D eigenvalue weighted by Crippen LogP contribution is 2.75. The summed E-state index contributed by atoms with van der Waals surface area (Å²) in [6, 6.07) is 0. The van der Waals surface area contributed by atoms with E-state index in [-0.39, 0.29) is 25.3 Å². The van der Waals surface area contributed by atoms with E-state index in [0.717, 1.165) is 31.1 Å². The first kappa shape index (κ1) is 90.8. The van der Waals surface area contributed by atoms with E-state index in [1.807, 2.05) is 20.8 Å². The Labute approximate surface area is 655 Å². The molecule has 20 N–H and O–H groups in total. The van der Waals surface area contributed by atoms with Crippen LogP contribution in [0, 0.1) is 50.2 Å². The lowest BCUT2D eigenvalue weighted by atomic mass is 9.34. The van der Waals surface area contributed by atoms with Crippen LogP contribution in [0.15, 0.2) is 11.6 Å². The summed E-state index contributed by atoms with van der Waals surface area (Å²) < 4.78 is 85.9. The van der Waals surface area contributed by atoms with Gasteiger partial charge < -0.3 is 173 Å². The number of ether oxygens (including phenoxy) is 14. The Hall–Kier alpha value is -2.93. The molecule has 0 aromatic rings. The van der Waals surface area contributed by atoms with Crippen LogP contribution in [0.5, 0.6) is 0 Å². The molecular formula is C76H125NO36. The van der Waals surface area contributed by atoms with Gasteiger partial charge in [-0.3, -0.25) is 9.59 Å². The van der Waals surface area contributed by atoms with Gasteiger partial charge in [0.05, 0.1) is 56.3 Å². The molecule has 37 heteroatoms. The van der Waals surface area contributed by atoms with Gasteiger partial charge in [-0.1, -0.05) is 86.3 Å². The summed E-state index contributed by atoms with van der Waals surface area (Å²) in [5.41, 5.74) is -5.19. The summed E-state index contributed by atoms with van der Waals surface area (Å²) in [6.07, 6.45) is -54.9. The molecule has 3 unspecified atom stereocenters. The predicted octanol–water partition coefficient (Wildman–Crippen LogP) is -5.13. The molecule has 0 radical (unpaired) electrons. The highest BCUT2D eigenvalue weighted by Gasteiger charge is 2.72. The summed E-state index contributed by atoms with van der Waals surface area (Å²) >= 11 is 0. The van der Waals surface area contributed by atoms with Gasteiger partial charge in [0, 0.05) is 6.54 Å². The van der Waals surface area contributed by atoms with E-state index in [0.29, 0.717) is 38.5 Å². The van der Waals surface area contributed by atoms with Crippen LogP contribution in [0.1, 0.15) is 147 Å². The Kier molecular flexibility index (Phi) is 28.6. The van der Waals surface area contributed by atoms with Gasteiger partial charge >= 0.3 is 5.97 Å². The topological polar surface area (TPSA) is 577 Å². The van der Waals surface area contributed by atoms with Gasteiger partial charge in [0.25, 0.3) is 5.91 Å². The lowest BCUT2D eigenvalue weighted by Gasteiger charge is -2.70. The molecule has 0 spiro atoms. The fourth-order valence-electron chi connectivity index (χ4n) is 20.3. The first-order valence-corrected chi connectivity index (χ1v) is 39.9. The fraction of sp³-hybridized carbons (Fsp3) is 0.934. The molecule has 10 fully saturated rings. The maximum Gasteiger partial charge on any atom is 0.317 e. The summed E-state index contributed by atoms with van der Waals surface area (Å²) in [7, 11) is 0. The highest BCUT2D eigenvalue weighted by atomic mass is 16.8. The van der Waals surface area contributed by atoms with Crippen LogP contribution in [-0.2, 0) is 80.7 Å². The van der Waals surface area contributed by atoms with Gasteiger partial charge in [0.1, 0.15) is 146 Å². The number of fused-ring (bicyclic) bond motifs is 5. The van der Waals surface area contributed by atoms with Crippen molar-refractivity contribution in [2.45, 2.75) is 362 Å². The van der Waals surface area contributed by atoms with Crippen LogP contribution in [0.4, 0.5) is 0 Å². The number of esters is 1. The number of hydrogen-bond donors (Lipinski definition) is 20. The SMILES string of the molecule is CCCCCCNC(=O)[C@H]1O[C@@H](O[C@@H](C)[C@@](C)(C=O)C2CC[C@]3(C)C(CC=C4C5CC(C)(C)CC[C@]5(C(=O)O[C@@H]5O[C@H](C)[C@H](O)[C@H](O)[C@H]5O[C@@H]5O[C@@H](C)[C@H](O[C@@H]6OC[C@@H](O)[C@@H](O)[C@H]6O)[C@@H](O[C@@H]6O[C@H](CO)[C@@H](O)[C@H](O)[C@H]6O)[C@H]5O)[C@H](O)C[C@]43C)C2(C)C)[C@H](O[C@@H]2O[C@H](CO)[C@H](O)[C@H](O)[C@H]2O)[C@H](O[C@@H]2OC[C@@H](O)[C@@H](O)[C@H]2O)[C@@H]1O. The third-order valence-electron chi connectivity index (χ3n) is 27.7. The lowest BCUT2D eigenvalue weighted by molar-refractivity contribution is -0.394. The maximum absolute atomic E-state index is 16.0. The Balaban J connectivity index is 0.873. The van der Waals surface area contributed by atoms with Crippen molar-refractivity contribution >= 4 is 18.2 Å². The number of aldehydes is 1. The summed E-state index contributed by atoms with van der Waals surface area (Å²) in [5.74, 6) is -3.36. The van der Waals surface area contributed by atoms with E-state index in [1.165, 1.54) is 13.8 Å². The molecule has 7 heterocycles. The number of rotatable bonds is 25. The van der Waals surface area contributed by atoms with Crippen LogP contribution >= 0.6 is 0 Å². The monoisotopic (exact) mass is 1630 g/mol. The van der Waals surface area contributed by atoms with Gasteiger partial charge in [-0.2, -0.15) is 0 Å². The van der Waals surface area contributed by atoms with E-state index in [9.17, 15) is 107 Å². The highest BCUT2D eigenvalue weighted by molar-refractivity contribution is 5.82. The van der Waals surface area contributed by atoms with Crippen LogP contribution in [0.3, 0.4) is 0 Å². The molecular weight excluding hydrogens is 1500 g/mol. The van der Waals surface area contributed by atoms with Crippen LogP contribution in [-0.4, -0.2) is 363 Å². The molecule has 1 amide bonds. The van der Waals surface area contributed by atoms with Crippen molar-refractivity contribution in [1.29, 1.82) is 0 Å². The molecule has 37 nitrogen and oxygen atoms in total. The van der Waals surface area contributed by atoms with Gasteiger partial charge in [0.15, 0.2) is 49.9 Å². The number of aliphatic hydroxyl groups is 19.